The number of hydrogen-bond donors (Lipinski definition) is 0. The molecule has 1 saturated heterocycles. The molecule has 1 aliphatic rings. The molecule has 33 heavy (non-hydrogen) atoms. The molecule has 1 aliphatic heterocycles. The second-order valence-electron chi connectivity index (χ2n) is 8.04. The molecule has 4 rings (SSSR count). The minimum Gasteiger partial charge on any atom is -0.340 e. The third-order valence-electron chi connectivity index (χ3n) is 5.97. The van der Waals surface area contributed by atoms with Gasteiger partial charge in [0.1, 0.15) is 4.90 Å². The summed E-state index contributed by atoms with van der Waals surface area (Å²) in [7, 11) is -3.71. The first kappa shape index (κ1) is 23.5. The average molecular weight is 491 g/mol. The van der Waals surface area contributed by atoms with Gasteiger partial charge in [-0.3, -0.25) is 13.9 Å². The number of hydrogen-bond acceptors (Lipinski definition) is 4. The molecular weight excluding hydrogens is 464 g/mol. The number of nitrogens with zero attached hydrogens (tertiary/aromatic N) is 4. The van der Waals surface area contributed by atoms with E-state index in [4.69, 9.17) is 11.6 Å². The van der Waals surface area contributed by atoms with E-state index in [1.165, 1.54) is 10.4 Å². The van der Waals surface area contributed by atoms with E-state index in [2.05, 4.69) is 0 Å². The van der Waals surface area contributed by atoms with Crippen molar-refractivity contribution in [3.63, 3.8) is 0 Å². The van der Waals surface area contributed by atoms with Gasteiger partial charge in [-0.1, -0.05) is 42.8 Å². The van der Waals surface area contributed by atoms with Crippen LogP contribution in [0.2, 0.25) is 5.02 Å². The monoisotopic (exact) mass is 490 g/mol. The number of carbonyl (C=O) groups is 1. The van der Waals surface area contributed by atoms with E-state index in [1.54, 1.807) is 32.2 Å². The van der Waals surface area contributed by atoms with Gasteiger partial charge in [-0.2, -0.15) is 4.31 Å². The fraction of sp³-hybridized carbons (Fsp3) is 0.391. The van der Waals surface area contributed by atoms with Crippen molar-refractivity contribution in [3.05, 3.63) is 64.0 Å². The number of aryl methyl sites for hydroxylation is 2. The number of halogens is 1. The van der Waals surface area contributed by atoms with Gasteiger partial charge in [0.15, 0.2) is 0 Å². The lowest BCUT2D eigenvalue weighted by Crippen LogP contribution is -2.50. The summed E-state index contributed by atoms with van der Waals surface area (Å²) in [6.45, 7) is 3.94. The molecule has 8 nitrogen and oxygen atoms in total. The first-order valence-corrected chi connectivity index (χ1v) is 12.9. The highest BCUT2D eigenvalue weighted by molar-refractivity contribution is 7.89. The first-order chi connectivity index (χ1) is 15.8. The second kappa shape index (κ2) is 9.70. The van der Waals surface area contributed by atoms with Gasteiger partial charge in [0, 0.05) is 45.7 Å². The highest BCUT2D eigenvalue weighted by Gasteiger charge is 2.31. The third-order valence-corrected chi connectivity index (χ3v) is 8.37. The van der Waals surface area contributed by atoms with Crippen molar-refractivity contribution in [1.29, 1.82) is 0 Å². The molecule has 1 aromatic heterocycles. The van der Waals surface area contributed by atoms with E-state index in [1.807, 2.05) is 31.2 Å². The van der Waals surface area contributed by atoms with Crippen molar-refractivity contribution in [2.75, 3.05) is 26.2 Å². The summed E-state index contributed by atoms with van der Waals surface area (Å²) < 4.78 is 30.6. The lowest BCUT2D eigenvalue weighted by molar-refractivity contribution is -0.132. The summed E-state index contributed by atoms with van der Waals surface area (Å²) in [4.78, 5) is 27.5. The van der Waals surface area contributed by atoms with Gasteiger partial charge in [-0.25, -0.2) is 13.2 Å². The Hall–Kier alpha value is -2.62. The molecule has 176 valence electrons. The summed E-state index contributed by atoms with van der Waals surface area (Å²) in [5.74, 6) is -0.0935. The molecule has 0 bridgehead atoms. The summed E-state index contributed by atoms with van der Waals surface area (Å²) in [6, 6.07) is 14.0. The standard InChI is InChI=1S/C23H27ClN4O4S/c1-2-12-27-19-8-4-5-9-20(19)28(23(27)30)13-11-22(29)25-14-16-26(17-15-25)33(31,32)21-10-6-3-7-18(21)24/h3-10H,2,11-17H2,1H3. The van der Waals surface area contributed by atoms with Crippen molar-refractivity contribution in [2.24, 2.45) is 0 Å². The molecule has 0 saturated carbocycles. The van der Waals surface area contributed by atoms with Crippen molar-refractivity contribution in [1.82, 2.24) is 18.3 Å². The lowest BCUT2D eigenvalue weighted by Gasteiger charge is -2.34. The van der Waals surface area contributed by atoms with E-state index in [-0.39, 0.29) is 47.6 Å². The van der Waals surface area contributed by atoms with Gasteiger partial charge >= 0.3 is 5.69 Å². The number of sulfonamides is 1. The van der Waals surface area contributed by atoms with Gasteiger partial charge in [0.2, 0.25) is 15.9 Å². The van der Waals surface area contributed by atoms with Crippen LogP contribution in [0, 0.1) is 0 Å². The van der Waals surface area contributed by atoms with Crippen LogP contribution < -0.4 is 5.69 Å². The Morgan fingerprint density at radius 3 is 2.09 bits per heavy atom. The highest BCUT2D eigenvalue weighted by Crippen LogP contribution is 2.25. The van der Waals surface area contributed by atoms with E-state index in [0.29, 0.717) is 19.6 Å². The number of imidazole rings is 1. The topological polar surface area (TPSA) is 84.6 Å². The predicted molar refractivity (Wildman–Crippen MR) is 128 cm³/mol. The molecule has 0 atom stereocenters. The number of para-hydroxylation sites is 2. The predicted octanol–water partition coefficient (Wildman–Crippen LogP) is 2.79. The summed E-state index contributed by atoms with van der Waals surface area (Å²) in [6.07, 6.45) is 1.02. The Morgan fingerprint density at radius 2 is 1.48 bits per heavy atom. The molecule has 0 N–H and O–H groups in total. The van der Waals surface area contributed by atoms with E-state index < -0.39 is 10.0 Å². The maximum Gasteiger partial charge on any atom is 0.329 e. The van der Waals surface area contributed by atoms with Crippen LogP contribution in [-0.4, -0.2) is 58.8 Å². The molecule has 3 aromatic rings. The average Bonchev–Trinajstić information content (AvgIpc) is 3.09. The zero-order chi connectivity index (χ0) is 23.6. The van der Waals surface area contributed by atoms with Crippen LogP contribution in [0.4, 0.5) is 0 Å². The SMILES string of the molecule is CCCn1c(=O)n(CCC(=O)N2CCN(S(=O)(=O)c3ccccc3Cl)CC2)c2ccccc21. The normalized spacial score (nSPS) is 15.3. The van der Waals surface area contributed by atoms with Crippen LogP contribution in [-0.2, 0) is 27.9 Å². The molecule has 2 heterocycles. The van der Waals surface area contributed by atoms with Gasteiger partial charge in [0.05, 0.1) is 16.1 Å². The van der Waals surface area contributed by atoms with Crippen molar-refractivity contribution in [2.45, 2.75) is 37.8 Å². The van der Waals surface area contributed by atoms with E-state index in [9.17, 15) is 18.0 Å². The Kier molecular flexibility index (Phi) is 6.92. The van der Waals surface area contributed by atoms with Crippen LogP contribution >= 0.6 is 11.6 Å². The Morgan fingerprint density at radius 1 is 0.909 bits per heavy atom. The Labute approximate surface area is 198 Å². The summed E-state index contributed by atoms with van der Waals surface area (Å²) in [5.41, 5.74) is 1.58. The number of aromatic nitrogens is 2. The van der Waals surface area contributed by atoms with E-state index in [0.717, 1.165) is 17.5 Å². The zero-order valence-corrected chi connectivity index (χ0v) is 20.1. The molecule has 1 fully saturated rings. The largest absolute Gasteiger partial charge is 0.340 e. The number of piperazine rings is 1. The van der Waals surface area contributed by atoms with Crippen LogP contribution in [0.3, 0.4) is 0 Å². The van der Waals surface area contributed by atoms with Crippen LogP contribution in [0.5, 0.6) is 0 Å². The molecule has 10 heteroatoms. The molecular formula is C23H27ClN4O4S. The number of rotatable bonds is 7. The molecule has 0 radical (unpaired) electrons. The van der Waals surface area contributed by atoms with Gasteiger partial charge in [-0.05, 0) is 30.7 Å². The number of amides is 1. The number of carbonyl (C=O) groups excluding carboxylic acids is 1. The molecule has 0 aliphatic carbocycles. The maximum absolute atomic E-state index is 12.9. The molecule has 0 unspecified atom stereocenters. The summed E-state index contributed by atoms with van der Waals surface area (Å²) in [5, 5.41) is 0.184. The quantitative estimate of drug-likeness (QED) is 0.509. The minimum atomic E-state index is -3.71. The van der Waals surface area contributed by atoms with Crippen LogP contribution in [0.25, 0.3) is 11.0 Å². The number of fused-ring (bicyclic) bond motifs is 1. The summed E-state index contributed by atoms with van der Waals surface area (Å²) >= 11 is 6.08. The lowest BCUT2D eigenvalue weighted by atomic mass is 10.3. The second-order valence-corrected chi connectivity index (χ2v) is 10.4. The van der Waals surface area contributed by atoms with Crippen molar-refractivity contribution >= 4 is 38.6 Å². The molecule has 1 amide bonds. The Balaban J connectivity index is 1.41. The van der Waals surface area contributed by atoms with Gasteiger partial charge in [-0.15, -0.1) is 0 Å². The highest BCUT2D eigenvalue weighted by atomic mass is 35.5. The van der Waals surface area contributed by atoms with Crippen LogP contribution in [0.15, 0.2) is 58.2 Å². The molecule has 2 aromatic carbocycles. The van der Waals surface area contributed by atoms with Crippen LogP contribution in [0.1, 0.15) is 19.8 Å². The van der Waals surface area contributed by atoms with Gasteiger partial charge in [0.25, 0.3) is 0 Å². The zero-order valence-electron chi connectivity index (χ0n) is 18.5. The van der Waals surface area contributed by atoms with Gasteiger partial charge < -0.3 is 4.90 Å². The first-order valence-electron chi connectivity index (χ1n) is 11.0. The maximum atomic E-state index is 12.9. The Bertz CT molecular complexity index is 1320. The molecule has 0 spiro atoms. The van der Waals surface area contributed by atoms with Crippen molar-refractivity contribution < 1.29 is 13.2 Å². The fourth-order valence-electron chi connectivity index (χ4n) is 4.26. The fourth-order valence-corrected chi connectivity index (χ4v) is 6.18. The van der Waals surface area contributed by atoms with E-state index >= 15 is 0 Å². The number of benzene rings is 2. The third kappa shape index (κ3) is 4.58. The smallest absolute Gasteiger partial charge is 0.329 e. The minimum absolute atomic E-state index is 0.0780. The van der Waals surface area contributed by atoms with Crippen molar-refractivity contribution in [3.8, 4) is 0 Å².